The molecule has 0 aliphatic carbocycles. The van der Waals surface area contributed by atoms with Gasteiger partial charge in [0.25, 0.3) is 11.8 Å². The number of amides is 2. The lowest BCUT2D eigenvalue weighted by atomic mass is 10.0. The molecule has 48 heavy (non-hydrogen) atoms. The van der Waals surface area contributed by atoms with Crippen LogP contribution in [0, 0.1) is 0 Å². The average Bonchev–Trinajstić information content (AvgIpc) is 3.63. The van der Waals surface area contributed by atoms with Gasteiger partial charge >= 0.3 is 5.97 Å². The second-order valence-electron chi connectivity index (χ2n) is 10.3. The highest BCUT2D eigenvalue weighted by Gasteiger charge is 2.23. The molecule has 0 fully saturated rings. The number of anilines is 4. The summed E-state index contributed by atoms with van der Waals surface area (Å²) in [5.41, 5.74) is 20.5. The molecular formula is C29H32N14O5. The van der Waals surface area contributed by atoms with Crippen LogP contribution in [0.1, 0.15) is 39.3 Å². The maximum atomic E-state index is 13.2. The number of carbonyl (C=O) groups is 3. The van der Waals surface area contributed by atoms with Gasteiger partial charge in [-0.05, 0) is 54.5 Å². The van der Waals surface area contributed by atoms with E-state index >= 15 is 0 Å². The van der Waals surface area contributed by atoms with Crippen molar-refractivity contribution in [3.63, 3.8) is 0 Å². The van der Waals surface area contributed by atoms with E-state index in [1.165, 1.54) is 26.5 Å². The highest BCUT2D eigenvalue weighted by molar-refractivity contribution is 6.01. The van der Waals surface area contributed by atoms with Crippen LogP contribution >= 0.6 is 0 Å². The summed E-state index contributed by atoms with van der Waals surface area (Å²) in [6, 6.07) is 8.50. The van der Waals surface area contributed by atoms with Gasteiger partial charge in [-0.1, -0.05) is 0 Å². The number of nitrogens with zero attached hydrogens (tertiary/aromatic N) is 7. The molecule has 0 spiro atoms. The predicted octanol–water partition coefficient (Wildman–Crippen LogP) is 0.449. The summed E-state index contributed by atoms with van der Waals surface area (Å²) in [6.45, 7) is 0.439. The first-order chi connectivity index (χ1) is 23.2. The smallest absolute Gasteiger partial charge is 0.328 e. The fourth-order valence-corrected chi connectivity index (χ4v) is 4.69. The molecule has 1 atom stereocenters. The molecule has 0 aliphatic rings. The molecule has 0 saturated carbocycles. The molecule has 0 saturated heterocycles. The van der Waals surface area contributed by atoms with Crippen LogP contribution in [-0.2, 0) is 16.1 Å². The SMILES string of the molecule is COC(=O)[C@H](CCCNC(=O)c1ccc(N)cc1-c1nn[nH]n1)NC(=O)c1ccc(NCc2cnc3nc(N)nc(N)c3n2)c(OC)c1. The number of nitrogens with one attached hydrogen (secondary N) is 4. The fraction of sp³-hybridized carbons (Fsp3) is 0.241. The number of ether oxygens (including phenoxy) is 2. The number of esters is 1. The Morgan fingerprint density at radius 2 is 1.83 bits per heavy atom. The van der Waals surface area contributed by atoms with E-state index in [0.29, 0.717) is 45.9 Å². The Morgan fingerprint density at radius 1 is 1.00 bits per heavy atom. The minimum absolute atomic E-state index is 0.00266. The normalized spacial score (nSPS) is 11.5. The Kier molecular flexibility index (Phi) is 9.97. The summed E-state index contributed by atoms with van der Waals surface area (Å²) >= 11 is 0. The summed E-state index contributed by atoms with van der Waals surface area (Å²) in [6.07, 6.45) is 2.05. The number of rotatable bonds is 13. The number of aromatic amines is 1. The minimum Gasteiger partial charge on any atom is -0.495 e. The molecule has 10 N–H and O–H groups in total. The number of carbonyl (C=O) groups excluding carboxylic acids is 3. The molecule has 2 aromatic carbocycles. The highest BCUT2D eigenvalue weighted by atomic mass is 16.5. The third-order valence-corrected chi connectivity index (χ3v) is 7.05. The third kappa shape index (κ3) is 7.58. The second-order valence-corrected chi connectivity index (χ2v) is 10.3. The quantitative estimate of drug-likeness (QED) is 0.0514. The molecule has 2 amide bonds. The molecule has 0 unspecified atom stereocenters. The van der Waals surface area contributed by atoms with Gasteiger partial charge in [-0.25, -0.2) is 14.8 Å². The van der Waals surface area contributed by atoms with Gasteiger partial charge < -0.3 is 42.6 Å². The van der Waals surface area contributed by atoms with Gasteiger partial charge in [0.1, 0.15) is 11.8 Å². The van der Waals surface area contributed by atoms with Crippen molar-refractivity contribution < 1.29 is 23.9 Å². The number of tetrazole rings is 1. The predicted molar refractivity (Wildman–Crippen MR) is 173 cm³/mol. The number of fused-ring (bicyclic) bond motifs is 1. The van der Waals surface area contributed by atoms with Crippen molar-refractivity contribution >= 4 is 52.1 Å². The number of aromatic nitrogens is 8. The van der Waals surface area contributed by atoms with E-state index in [2.05, 4.69) is 56.5 Å². The molecule has 19 nitrogen and oxygen atoms in total. The molecule has 0 radical (unpaired) electrons. The first kappa shape index (κ1) is 32.7. The zero-order valence-corrected chi connectivity index (χ0v) is 25.9. The highest BCUT2D eigenvalue weighted by Crippen LogP contribution is 2.27. The van der Waals surface area contributed by atoms with E-state index in [1.807, 2.05) is 0 Å². The van der Waals surface area contributed by atoms with Crippen LogP contribution < -0.4 is 37.9 Å². The average molecular weight is 657 g/mol. The number of nitrogen functional groups attached to an aromatic ring is 3. The van der Waals surface area contributed by atoms with E-state index in [-0.39, 0.29) is 48.3 Å². The van der Waals surface area contributed by atoms with Crippen molar-refractivity contribution in [3.05, 3.63) is 59.4 Å². The van der Waals surface area contributed by atoms with Crippen molar-refractivity contribution in [1.29, 1.82) is 0 Å². The largest absolute Gasteiger partial charge is 0.495 e. The summed E-state index contributed by atoms with van der Waals surface area (Å²) in [7, 11) is 2.69. The molecule has 3 heterocycles. The number of hydrogen-bond donors (Lipinski definition) is 7. The lowest BCUT2D eigenvalue weighted by Crippen LogP contribution is -2.42. The number of nitrogens with two attached hydrogens (primary N) is 3. The van der Waals surface area contributed by atoms with Crippen LogP contribution in [0.4, 0.5) is 23.1 Å². The van der Waals surface area contributed by atoms with E-state index in [9.17, 15) is 14.4 Å². The van der Waals surface area contributed by atoms with Gasteiger partial charge in [0.2, 0.25) is 11.8 Å². The van der Waals surface area contributed by atoms with E-state index < -0.39 is 23.8 Å². The van der Waals surface area contributed by atoms with Gasteiger partial charge in [-0.15, -0.1) is 10.2 Å². The Morgan fingerprint density at radius 3 is 2.58 bits per heavy atom. The third-order valence-electron chi connectivity index (χ3n) is 7.05. The monoisotopic (exact) mass is 656 g/mol. The van der Waals surface area contributed by atoms with Crippen LogP contribution in [0.25, 0.3) is 22.6 Å². The first-order valence-corrected chi connectivity index (χ1v) is 14.4. The second kappa shape index (κ2) is 14.6. The molecule has 19 heteroatoms. The summed E-state index contributed by atoms with van der Waals surface area (Å²) < 4.78 is 10.4. The van der Waals surface area contributed by atoms with Crippen molar-refractivity contribution in [2.45, 2.75) is 25.4 Å². The van der Waals surface area contributed by atoms with Gasteiger partial charge in [0.15, 0.2) is 17.0 Å². The number of methoxy groups -OCH3 is 2. The van der Waals surface area contributed by atoms with Crippen LogP contribution in [0.2, 0.25) is 0 Å². The van der Waals surface area contributed by atoms with Crippen LogP contribution in [0.3, 0.4) is 0 Å². The lowest BCUT2D eigenvalue weighted by Gasteiger charge is -2.18. The molecule has 0 bridgehead atoms. The summed E-state index contributed by atoms with van der Waals surface area (Å²) in [5.74, 6) is -0.860. The molecular weight excluding hydrogens is 624 g/mol. The number of hydrogen-bond acceptors (Lipinski definition) is 16. The number of benzene rings is 2. The Bertz CT molecular complexity index is 1950. The molecule has 0 aliphatic heterocycles. The minimum atomic E-state index is -0.979. The Hall–Kier alpha value is -6.66. The van der Waals surface area contributed by atoms with Crippen molar-refractivity contribution in [2.24, 2.45) is 0 Å². The first-order valence-electron chi connectivity index (χ1n) is 14.4. The number of H-pyrrole nitrogens is 1. The van der Waals surface area contributed by atoms with Crippen molar-refractivity contribution in [2.75, 3.05) is 43.3 Å². The van der Waals surface area contributed by atoms with E-state index in [1.54, 1.807) is 30.3 Å². The summed E-state index contributed by atoms with van der Waals surface area (Å²) in [5, 5.41) is 22.4. The maximum absolute atomic E-state index is 13.2. The van der Waals surface area contributed by atoms with E-state index in [4.69, 9.17) is 26.7 Å². The zero-order chi connectivity index (χ0) is 34.2. The van der Waals surface area contributed by atoms with Crippen LogP contribution in [-0.4, -0.2) is 85.1 Å². The van der Waals surface area contributed by atoms with Crippen molar-refractivity contribution in [3.8, 4) is 17.1 Å². The Balaban J connectivity index is 1.18. The van der Waals surface area contributed by atoms with Crippen molar-refractivity contribution in [1.82, 2.24) is 51.2 Å². The summed E-state index contributed by atoms with van der Waals surface area (Å²) in [4.78, 5) is 55.2. The van der Waals surface area contributed by atoms with Gasteiger partial charge in [-0.3, -0.25) is 9.59 Å². The van der Waals surface area contributed by atoms with Gasteiger partial charge in [0, 0.05) is 23.4 Å². The zero-order valence-electron chi connectivity index (χ0n) is 25.9. The Labute approximate surface area is 272 Å². The fourth-order valence-electron chi connectivity index (χ4n) is 4.69. The standard InChI is InChI=1S/C29H32N14O5/c1-47-21-10-14(5-8-19(21)34-12-16-13-35-25-22(36-16)23(31)38-29(32)39-25)26(44)37-20(28(46)48-2)4-3-9-33-27(45)17-7-6-15(30)11-18(17)24-40-42-43-41-24/h5-8,10-11,13,20,34H,3-4,9,12,30H2,1-2H3,(H,33,45)(H,37,44)(H,40,41,42,43)(H4,31,32,35,38,39)/t20-/m0/s1. The van der Waals surface area contributed by atoms with E-state index in [0.717, 1.165) is 0 Å². The molecule has 3 aromatic heterocycles. The molecule has 248 valence electrons. The lowest BCUT2D eigenvalue weighted by molar-refractivity contribution is -0.143. The molecule has 5 aromatic rings. The van der Waals surface area contributed by atoms with Gasteiger partial charge in [-0.2, -0.15) is 15.2 Å². The topological polar surface area (TPSA) is 290 Å². The van der Waals surface area contributed by atoms with Gasteiger partial charge in [0.05, 0.1) is 43.9 Å². The van der Waals surface area contributed by atoms with Crippen LogP contribution in [0.15, 0.2) is 42.6 Å². The van der Waals surface area contributed by atoms with Crippen LogP contribution in [0.5, 0.6) is 5.75 Å². The maximum Gasteiger partial charge on any atom is 0.328 e. The molecule has 5 rings (SSSR count).